The van der Waals surface area contributed by atoms with Crippen molar-refractivity contribution in [3.8, 4) is 0 Å². The predicted molar refractivity (Wildman–Crippen MR) is 63.5 cm³/mol. The first-order valence-electron chi connectivity index (χ1n) is 4.77. The third-order valence-corrected chi connectivity index (χ3v) is 2.70. The number of aliphatic carboxylic acids is 1. The maximum absolute atomic E-state index is 11.4. The predicted octanol–water partition coefficient (Wildman–Crippen LogP) is 1.19. The van der Waals surface area contributed by atoms with Crippen molar-refractivity contribution in [2.75, 3.05) is 6.54 Å². The van der Waals surface area contributed by atoms with E-state index in [0.29, 0.717) is 6.42 Å². The van der Waals surface area contributed by atoms with Crippen LogP contribution in [0.1, 0.15) is 5.56 Å². The molecule has 4 nitrogen and oxygen atoms in total. The van der Waals surface area contributed by atoms with E-state index in [1.54, 1.807) is 0 Å². The zero-order chi connectivity index (χ0) is 12.0. The summed E-state index contributed by atoms with van der Waals surface area (Å²) in [7, 11) is 0. The van der Waals surface area contributed by atoms with Crippen molar-refractivity contribution in [2.24, 2.45) is 0 Å². The van der Waals surface area contributed by atoms with Crippen molar-refractivity contribution >= 4 is 27.8 Å². The van der Waals surface area contributed by atoms with Gasteiger partial charge in [-0.25, -0.2) is 0 Å². The van der Waals surface area contributed by atoms with Gasteiger partial charge in [-0.2, -0.15) is 0 Å². The number of hydrogen-bond donors (Lipinski definition) is 2. The van der Waals surface area contributed by atoms with Crippen LogP contribution in [0.4, 0.5) is 0 Å². The van der Waals surface area contributed by atoms with Gasteiger partial charge in [0.25, 0.3) is 0 Å². The molecule has 0 spiro atoms. The van der Waals surface area contributed by atoms with Crippen molar-refractivity contribution in [3.63, 3.8) is 0 Å². The molecule has 0 aliphatic heterocycles. The van der Waals surface area contributed by atoms with Gasteiger partial charge in [0.05, 0.1) is 4.83 Å². The number of carboxylic acids is 1. The highest BCUT2D eigenvalue weighted by atomic mass is 79.9. The first-order chi connectivity index (χ1) is 7.59. The van der Waals surface area contributed by atoms with Crippen molar-refractivity contribution in [2.45, 2.75) is 11.2 Å². The standard InChI is InChI=1S/C11H12BrNO3/c12-9(11(16)13-7-10(14)15)6-8-4-2-1-3-5-8/h1-5,9H,6-7H2,(H,13,16)(H,14,15)/t9-/m1/s1. The molecule has 0 aliphatic rings. The second-order valence-electron chi connectivity index (χ2n) is 3.27. The molecule has 0 heterocycles. The lowest BCUT2D eigenvalue weighted by molar-refractivity contribution is -0.137. The van der Waals surface area contributed by atoms with Crippen LogP contribution in [0.3, 0.4) is 0 Å². The number of alkyl halides is 1. The maximum atomic E-state index is 11.4. The normalized spacial score (nSPS) is 11.8. The maximum Gasteiger partial charge on any atom is 0.322 e. The van der Waals surface area contributed by atoms with Crippen LogP contribution in [0.2, 0.25) is 0 Å². The van der Waals surface area contributed by atoms with Crippen LogP contribution in [0.15, 0.2) is 30.3 Å². The molecule has 5 heteroatoms. The Morgan fingerprint density at radius 3 is 2.50 bits per heavy atom. The van der Waals surface area contributed by atoms with Crippen molar-refractivity contribution in [1.82, 2.24) is 5.32 Å². The molecule has 0 bridgehead atoms. The van der Waals surface area contributed by atoms with E-state index in [2.05, 4.69) is 21.2 Å². The number of rotatable bonds is 5. The molecule has 0 aliphatic carbocycles. The van der Waals surface area contributed by atoms with E-state index >= 15 is 0 Å². The molecule has 0 fully saturated rings. The van der Waals surface area contributed by atoms with E-state index in [0.717, 1.165) is 5.56 Å². The smallest absolute Gasteiger partial charge is 0.322 e. The molecule has 86 valence electrons. The highest BCUT2D eigenvalue weighted by Crippen LogP contribution is 2.09. The van der Waals surface area contributed by atoms with Crippen molar-refractivity contribution in [3.05, 3.63) is 35.9 Å². The summed E-state index contributed by atoms with van der Waals surface area (Å²) in [6.07, 6.45) is 0.534. The van der Waals surface area contributed by atoms with Crippen LogP contribution in [0, 0.1) is 0 Å². The van der Waals surface area contributed by atoms with Gasteiger partial charge in [-0.15, -0.1) is 0 Å². The minimum Gasteiger partial charge on any atom is -0.480 e. The molecule has 0 aromatic heterocycles. The summed E-state index contributed by atoms with van der Waals surface area (Å²) in [6, 6.07) is 9.52. The van der Waals surface area contributed by atoms with Gasteiger partial charge in [-0.05, 0) is 12.0 Å². The molecule has 1 aromatic rings. The lowest BCUT2D eigenvalue weighted by Crippen LogP contribution is -2.35. The molecule has 2 N–H and O–H groups in total. The van der Waals surface area contributed by atoms with E-state index in [1.165, 1.54) is 0 Å². The summed E-state index contributed by atoms with van der Waals surface area (Å²) in [5.74, 6) is -1.36. The first-order valence-corrected chi connectivity index (χ1v) is 5.68. The fourth-order valence-electron chi connectivity index (χ4n) is 1.19. The molecular weight excluding hydrogens is 274 g/mol. The third kappa shape index (κ3) is 4.44. The summed E-state index contributed by atoms with van der Waals surface area (Å²) >= 11 is 3.23. The van der Waals surface area contributed by atoms with Gasteiger partial charge in [0.15, 0.2) is 0 Å². The average molecular weight is 286 g/mol. The molecule has 1 atom stereocenters. The van der Waals surface area contributed by atoms with E-state index < -0.39 is 10.8 Å². The minimum absolute atomic E-state index is 0.314. The van der Waals surface area contributed by atoms with Crippen LogP contribution in [0.25, 0.3) is 0 Å². The van der Waals surface area contributed by atoms with E-state index in [4.69, 9.17) is 5.11 Å². The molecule has 1 aromatic carbocycles. The zero-order valence-corrected chi connectivity index (χ0v) is 10.1. The zero-order valence-electron chi connectivity index (χ0n) is 8.52. The molecule has 1 rings (SSSR count). The Morgan fingerprint density at radius 2 is 1.94 bits per heavy atom. The summed E-state index contributed by atoms with van der Waals surface area (Å²) in [4.78, 5) is 21.3. The Hall–Kier alpha value is -1.36. The second kappa shape index (κ2) is 6.27. The fraction of sp³-hybridized carbons (Fsp3) is 0.273. The number of hydrogen-bond acceptors (Lipinski definition) is 2. The topological polar surface area (TPSA) is 66.4 Å². The second-order valence-corrected chi connectivity index (χ2v) is 4.37. The van der Waals surface area contributed by atoms with E-state index in [9.17, 15) is 9.59 Å². The van der Waals surface area contributed by atoms with Crippen LogP contribution >= 0.6 is 15.9 Å². The monoisotopic (exact) mass is 285 g/mol. The molecule has 16 heavy (non-hydrogen) atoms. The van der Waals surface area contributed by atoms with Crippen LogP contribution in [-0.4, -0.2) is 28.4 Å². The van der Waals surface area contributed by atoms with Crippen LogP contribution in [-0.2, 0) is 16.0 Å². The third-order valence-electron chi connectivity index (χ3n) is 1.96. The largest absolute Gasteiger partial charge is 0.480 e. The van der Waals surface area contributed by atoms with Crippen molar-refractivity contribution in [1.29, 1.82) is 0 Å². The van der Waals surface area contributed by atoms with Gasteiger partial charge >= 0.3 is 5.97 Å². The number of halogens is 1. The SMILES string of the molecule is O=C(O)CNC(=O)[C@H](Br)Cc1ccccc1. The molecule has 0 radical (unpaired) electrons. The number of nitrogens with one attached hydrogen (secondary N) is 1. The summed E-state index contributed by atoms with van der Waals surface area (Å²) in [6.45, 7) is -0.351. The molecular formula is C11H12BrNO3. The van der Waals surface area contributed by atoms with Gasteiger partial charge in [0.1, 0.15) is 6.54 Å². The number of benzene rings is 1. The lowest BCUT2D eigenvalue weighted by Gasteiger charge is -2.09. The molecule has 0 unspecified atom stereocenters. The molecule has 0 saturated heterocycles. The lowest BCUT2D eigenvalue weighted by atomic mass is 10.1. The Morgan fingerprint density at radius 1 is 1.31 bits per heavy atom. The number of carboxylic acid groups (broad SMARTS) is 1. The Kier molecular flexibility index (Phi) is 4.98. The fourth-order valence-corrected chi connectivity index (χ4v) is 1.72. The van der Waals surface area contributed by atoms with Crippen molar-refractivity contribution < 1.29 is 14.7 Å². The van der Waals surface area contributed by atoms with Gasteiger partial charge in [-0.3, -0.25) is 9.59 Å². The number of carbonyl (C=O) groups excluding carboxylic acids is 1. The highest BCUT2D eigenvalue weighted by Gasteiger charge is 2.15. The number of amides is 1. The number of carbonyl (C=O) groups is 2. The van der Waals surface area contributed by atoms with Gasteiger partial charge in [-0.1, -0.05) is 46.3 Å². The molecule has 1 amide bonds. The van der Waals surface area contributed by atoms with E-state index in [-0.39, 0.29) is 12.5 Å². The van der Waals surface area contributed by atoms with Gasteiger partial charge in [0.2, 0.25) is 5.91 Å². The average Bonchev–Trinajstić information content (AvgIpc) is 2.27. The Balaban J connectivity index is 2.43. The summed E-state index contributed by atoms with van der Waals surface area (Å²) in [5, 5.41) is 10.7. The summed E-state index contributed by atoms with van der Waals surface area (Å²) in [5.41, 5.74) is 1.02. The van der Waals surface area contributed by atoms with Crippen LogP contribution in [0.5, 0.6) is 0 Å². The van der Waals surface area contributed by atoms with E-state index in [1.807, 2.05) is 30.3 Å². The van der Waals surface area contributed by atoms with Gasteiger partial charge < -0.3 is 10.4 Å². The minimum atomic E-state index is -1.05. The highest BCUT2D eigenvalue weighted by molar-refractivity contribution is 9.10. The first kappa shape index (κ1) is 12.7. The molecule has 0 saturated carbocycles. The quantitative estimate of drug-likeness (QED) is 0.799. The van der Waals surface area contributed by atoms with Gasteiger partial charge in [0, 0.05) is 0 Å². The Labute approximate surface area is 102 Å². The van der Waals surface area contributed by atoms with Crippen LogP contribution < -0.4 is 5.32 Å². The summed E-state index contributed by atoms with van der Waals surface area (Å²) < 4.78 is 0. The Bertz CT molecular complexity index is 367.